The Hall–Kier alpha value is -3.20. The number of ether oxygens (including phenoxy) is 1. The fourth-order valence-corrected chi connectivity index (χ4v) is 3.89. The van der Waals surface area contributed by atoms with E-state index in [2.05, 4.69) is 0 Å². The van der Waals surface area contributed by atoms with E-state index >= 15 is 0 Å². The molecule has 0 bridgehead atoms. The minimum absolute atomic E-state index is 0.00700. The van der Waals surface area contributed by atoms with E-state index in [0.717, 1.165) is 22.8 Å². The minimum Gasteiger partial charge on any atom is -0.462 e. The van der Waals surface area contributed by atoms with Crippen LogP contribution in [0.5, 0.6) is 0 Å². The van der Waals surface area contributed by atoms with E-state index in [1.165, 1.54) is 11.7 Å². The molecule has 0 atom stereocenters. The number of pyridine rings is 1. The third-order valence-corrected chi connectivity index (χ3v) is 5.13. The van der Waals surface area contributed by atoms with Gasteiger partial charge in [-0.2, -0.15) is 0 Å². The van der Waals surface area contributed by atoms with Crippen molar-refractivity contribution in [2.75, 3.05) is 18.7 Å². The Bertz CT molecular complexity index is 1150. The first-order valence-electron chi connectivity index (χ1n) is 8.55. The van der Waals surface area contributed by atoms with Crippen LogP contribution in [-0.4, -0.2) is 30.7 Å². The number of halogens is 2. The van der Waals surface area contributed by atoms with Crippen molar-refractivity contribution in [1.82, 2.24) is 4.68 Å². The van der Waals surface area contributed by atoms with Crippen molar-refractivity contribution in [2.24, 2.45) is 0 Å². The molecule has 1 heterocycles. The number of aromatic nitrogens is 1. The van der Waals surface area contributed by atoms with E-state index in [1.54, 1.807) is 37.3 Å². The maximum absolute atomic E-state index is 14.0. The van der Waals surface area contributed by atoms with Gasteiger partial charge in [0.25, 0.3) is 0 Å². The normalized spacial score (nSPS) is 10.8. The van der Waals surface area contributed by atoms with Gasteiger partial charge in [-0.15, -0.1) is 0 Å². The second-order valence-electron chi connectivity index (χ2n) is 5.92. The molecule has 0 fully saturated rings. The van der Waals surface area contributed by atoms with Crippen molar-refractivity contribution in [3.05, 3.63) is 69.9 Å². The van der Waals surface area contributed by atoms with Crippen molar-refractivity contribution in [3.63, 3.8) is 0 Å². The van der Waals surface area contributed by atoms with E-state index in [9.17, 15) is 23.2 Å². The SMILES string of the molecule is CCOC(=O)c1c(Sc2ccccc2)n(N(C)C=O)c2cc(F)c(F)cc2c1=O. The molecule has 0 unspecified atom stereocenters. The lowest BCUT2D eigenvalue weighted by Gasteiger charge is -2.24. The highest BCUT2D eigenvalue weighted by Crippen LogP contribution is 2.32. The largest absolute Gasteiger partial charge is 0.462 e. The number of fused-ring (bicyclic) bond motifs is 1. The van der Waals surface area contributed by atoms with Gasteiger partial charge in [0, 0.05) is 18.0 Å². The third kappa shape index (κ3) is 3.86. The summed E-state index contributed by atoms with van der Waals surface area (Å²) in [5, 5.41) is 0.832. The zero-order valence-electron chi connectivity index (χ0n) is 15.5. The van der Waals surface area contributed by atoms with Crippen molar-refractivity contribution >= 4 is 35.0 Å². The van der Waals surface area contributed by atoms with Gasteiger partial charge in [-0.3, -0.25) is 14.6 Å². The summed E-state index contributed by atoms with van der Waals surface area (Å²) < 4.78 is 34.0. The molecule has 3 rings (SSSR count). The van der Waals surface area contributed by atoms with Gasteiger partial charge in [-0.25, -0.2) is 18.3 Å². The number of benzene rings is 2. The average Bonchev–Trinajstić information content (AvgIpc) is 2.70. The molecule has 3 aromatic rings. The second-order valence-corrected chi connectivity index (χ2v) is 6.98. The molecular formula is C20H16F2N2O4S. The van der Waals surface area contributed by atoms with Crippen LogP contribution in [0.2, 0.25) is 0 Å². The molecule has 0 aliphatic carbocycles. The van der Waals surface area contributed by atoms with Crippen molar-refractivity contribution in [3.8, 4) is 0 Å². The standard InChI is InChI=1S/C20H16F2N2O4S/c1-3-28-20(27)17-18(26)13-9-14(21)15(22)10-16(13)24(23(2)11-25)19(17)29-12-7-5-4-6-8-12/h4-11H,3H2,1-2H3. The fraction of sp³-hybridized carbons (Fsp3) is 0.150. The topological polar surface area (TPSA) is 68.6 Å². The molecule has 9 heteroatoms. The first-order valence-corrected chi connectivity index (χ1v) is 9.36. The Kier molecular flexibility index (Phi) is 5.97. The lowest BCUT2D eigenvalue weighted by molar-refractivity contribution is -0.108. The summed E-state index contributed by atoms with van der Waals surface area (Å²) >= 11 is 1.02. The predicted octanol–water partition coefficient (Wildman–Crippen LogP) is 3.33. The molecule has 0 saturated heterocycles. The van der Waals surface area contributed by atoms with E-state index in [-0.39, 0.29) is 28.1 Å². The molecule has 1 aromatic heterocycles. The van der Waals surface area contributed by atoms with Crippen LogP contribution in [0.1, 0.15) is 17.3 Å². The highest BCUT2D eigenvalue weighted by molar-refractivity contribution is 7.99. The molecule has 1 amide bonds. The van der Waals surface area contributed by atoms with Gasteiger partial charge in [-0.1, -0.05) is 30.0 Å². The summed E-state index contributed by atoms with van der Waals surface area (Å²) in [6.07, 6.45) is 0.426. The third-order valence-electron chi connectivity index (χ3n) is 4.05. The van der Waals surface area contributed by atoms with Gasteiger partial charge < -0.3 is 4.74 Å². The average molecular weight is 418 g/mol. The Morgan fingerprint density at radius 3 is 2.48 bits per heavy atom. The molecule has 0 saturated carbocycles. The highest BCUT2D eigenvalue weighted by atomic mass is 32.2. The molecule has 6 nitrogen and oxygen atoms in total. The molecule has 0 N–H and O–H groups in total. The van der Waals surface area contributed by atoms with Crippen LogP contribution in [0.4, 0.5) is 8.78 Å². The van der Waals surface area contributed by atoms with E-state index in [1.807, 2.05) is 0 Å². The Morgan fingerprint density at radius 2 is 1.86 bits per heavy atom. The quantitative estimate of drug-likeness (QED) is 0.454. The predicted molar refractivity (Wildman–Crippen MR) is 105 cm³/mol. The maximum Gasteiger partial charge on any atom is 0.344 e. The van der Waals surface area contributed by atoms with Crippen LogP contribution in [0.15, 0.2) is 57.2 Å². The molecule has 29 heavy (non-hydrogen) atoms. The maximum atomic E-state index is 14.0. The summed E-state index contributed by atoms with van der Waals surface area (Å²) in [6.45, 7) is 1.58. The summed E-state index contributed by atoms with van der Waals surface area (Å²) in [4.78, 5) is 37.9. The molecule has 2 aromatic carbocycles. The Balaban J connectivity index is 2.46. The molecule has 0 aliphatic heterocycles. The first-order chi connectivity index (χ1) is 13.9. The van der Waals surface area contributed by atoms with Crippen LogP contribution < -0.4 is 10.4 Å². The summed E-state index contributed by atoms with van der Waals surface area (Å²) in [7, 11) is 1.36. The summed E-state index contributed by atoms with van der Waals surface area (Å²) in [6, 6.07) is 10.3. The molecule has 0 spiro atoms. The smallest absolute Gasteiger partial charge is 0.344 e. The number of amides is 1. The lowest BCUT2D eigenvalue weighted by Crippen LogP contribution is -2.34. The Morgan fingerprint density at radius 1 is 1.21 bits per heavy atom. The van der Waals surface area contributed by atoms with Crippen LogP contribution in [-0.2, 0) is 9.53 Å². The molecule has 150 valence electrons. The van der Waals surface area contributed by atoms with Crippen LogP contribution in [0.3, 0.4) is 0 Å². The first kappa shape index (κ1) is 20.5. The summed E-state index contributed by atoms with van der Waals surface area (Å²) in [5.41, 5.74) is -1.24. The van der Waals surface area contributed by atoms with Crippen LogP contribution in [0.25, 0.3) is 10.9 Å². The van der Waals surface area contributed by atoms with Crippen LogP contribution >= 0.6 is 11.8 Å². The van der Waals surface area contributed by atoms with E-state index in [4.69, 9.17) is 4.74 Å². The highest BCUT2D eigenvalue weighted by Gasteiger charge is 2.27. The zero-order chi connectivity index (χ0) is 21.1. The number of hydrogen-bond donors (Lipinski definition) is 0. The van der Waals surface area contributed by atoms with Crippen molar-refractivity contribution in [1.29, 1.82) is 0 Å². The van der Waals surface area contributed by atoms with E-state index < -0.39 is 23.0 Å². The van der Waals surface area contributed by atoms with Crippen LogP contribution in [0, 0.1) is 11.6 Å². The number of carbonyl (C=O) groups excluding carboxylic acids is 2. The number of hydrogen-bond acceptors (Lipinski definition) is 5. The molecular weight excluding hydrogens is 402 g/mol. The molecule has 0 aliphatic rings. The van der Waals surface area contributed by atoms with Gasteiger partial charge in [-0.05, 0) is 25.1 Å². The minimum atomic E-state index is -1.24. The van der Waals surface area contributed by atoms with Gasteiger partial charge in [0.1, 0.15) is 10.6 Å². The van der Waals surface area contributed by atoms with E-state index in [0.29, 0.717) is 17.4 Å². The van der Waals surface area contributed by atoms with Crippen molar-refractivity contribution < 1.29 is 23.1 Å². The van der Waals surface area contributed by atoms with Gasteiger partial charge in [0.2, 0.25) is 11.8 Å². The number of carbonyl (C=O) groups is 2. The Labute approximate surface area is 168 Å². The fourth-order valence-electron chi connectivity index (χ4n) is 2.78. The van der Waals surface area contributed by atoms with Gasteiger partial charge in [0.05, 0.1) is 17.5 Å². The lowest BCUT2D eigenvalue weighted by atomic mass is 10.1. The second kappa shape index (κ2) is 8.44. The summed E-state index contributed by atoms with van der Waals surface area (Å²) in [5.74, 6) is -3.35. The zero-order valence-corrected chi connectivity index (χ0v) is 16.3. The number of nitrogens with zero attached hydrogens (tertiary/aromatic N) is 2. The molecule has 0 radical (unpaired) electrons. The monoisotopic (exact) mass is 418 g/mol. The number of rotatable bonds is 6. The van der Waals surface area contributed by atoms with Gasteiger partial charge >= 0.3 is 5.97 Å². The number of esters is 1. The van der Waals surface area contributed by atoms with Crippen molar-refractivity contribution in [2.45, 2.75) is 16.8 Å². The van der Waals surface area contributed by atoms with Gasteiger partial charge in [0.15, 0.2) is 11.6 Å².